The molecule has 1 aromatic heterocycles. The van der Waals surface area contributed by atoms with E-state index in [0.29, 0.717) is 11.3 Å². The summed E-state index contributed by atoms with van der Waals surface area (Å²) in [5, 5.41) is 1.32. The van der Waals surface area contributed by atoms with Gasteiger partial charge in [0.15, 0.2) is 0 Å². The van der Waals surface area contributed by atoms with Crippen LogP contribution >= 0.6 is 11.3 Å². The van der Waals surface area contributed by atoms with Crippen molar-refractivity contribution in [1.29, 1.82) is 0 Å². The molecule has 5 heteroatoms. The predicted octanol–water partition coefficient (Wildman–Crippen LogP) is 20.5. The maximum Gasteiger partial charge on any atom is 0.264 e. The third-order valence-electron chi connectivity index (χ3n) is 22.2. The van der Waals surface area contributed by atoms with Crippen molar-refractivity contribution in [2.75, 3.05) is 14.7 Å². The van der Waals surface area contributed by atoms with E-state index in [9.17, 15) is 0 Å². The molecule has 7 aliphatic rings. The molecule has 424 valence electrons. The highest BCUT2D eigenvalue weighted by molar-refractivity contribution is 7.33. The monoisotopic (exact) mass is 1120 g/mol. The SMILES string of the molecule is [2H]C([2H])([2H])c1ccccc1N(c1ccccc1)c1cc2c3c(c1)N(c1ccc(C(C)(C)C)cc1)c1c(sc4cc5c(cc14)C1(C)CCC5(C)CC1)B3c1cc3c(cc1N2c1ccc2c(c1-c1ccccc1)C(C)(C)CCC2(C)C)C(C)(C)CCC3(C)C. The lowest BCUT2D eigenvalue weighted by Gasteiger charge is -2.52. The van der Waals surface area contributed by atoms with Gasteiger partial charge >= 0.3 is 0 Å². The molecule has 1 fully saturated rings. The fourth-order valence-electron chi connectivity index (χ4n) is 16.7. The number of nitrogens with zero attached hydrogens (tertiary/aromatic N) is 3. The van der Waals surface area contributed by atoms with Crippen molar-refractivity contribution in [3.05, 3.63) is 202 Å². The highest BCUT2D eigenvalue weighted by Crippen LogP contribution is 2.61. The van der Waals surface area contributed by atoms with E-state index >= 15 is 0 Å². The molecule has 3 nitrogen and oxygen atoms in total. The van der Waals surface area contributed by atoms with E-state index in [1.807, 2.05) is 29.5 Å². The highest BCUT2D eigenvalue weighted by Gasteiger charge is 2.52. The smallest absolute Gasteiger partial charge is 0.264 e. The van der Waals surface area contributed by atoms with Crippen molar-refractivity contribution in [2.45, 2.75) is 186 Å². The zero-order valence-electron chi connectivity index (χ0n) is 55.0. The zero-order valence-corrected chi connectivity index (χ0v) is 52.8. The average Bonchev–Trinajstić information content (AvgIpc) is 1.68. The summed E-state index contributed by atoms with van der Waals surface area (Å²) in [6.45, 7) is 29.3. The van der Waals surface area contributed by atoms with Crippen LogP contribution in [0.3, 0.4) is 0 Å². The van der Waals surface area contributed by atoms with Crippen LogP contribution in [0.1, 0.15) is 190 Å². The second kappa shape index (κ2) is 18.1. The van der Waals surface area contributed by atoms with Crippen LogP contribution in [0.25, 0.3) is 21.2 Å². The number of para-hydroxylation sites is 2. The number of hydrogen-bond donors (Lipinski definition) is 0. The molecule has 3 heterocycles. The molecule has 0 spiro atoms. The zero-order chi connectivity index (χ0) is 60.9. The maximum absolute atomic E-state index is 9.16. The fourth-order valence-corrected chi connectivity index (χ4v) is 18.1. The Balaban J connectivity index is 1.15. The molecule has 84 heavy (non-hydrogen) atoms. The number of rotatable bonds is 6. The van der Waals surface area contributed by atoms with Gasteiger partial charge in [0.05, 0.1) is 17.1 Å². The molecular weight excluding hydrogens is 1030 g/mol. The van der Waals surface area contributed by atoms with Crippen LogP contribution in [-0.2, 0) is 37.9 Å². The first-order valence-electron chi connectivity index (χ1n) is 33.0. The van der Waals surface area contributed by atoms with Crippen LogP contribution in [0.4, 0.5) is 51.2 Å². The Bertz CT molecular complexity index is 4300. The predicted molar refractivity (Wildman–Crippen MR) is 363 cm³/mol. The number of hydrogen-bond acceptors (Lipinski definition) is 4. The van der Waals surface area contributed by atoms with Crippen molar-refractivity contribution < 1.29 is 4.11 Å². The maximum atomic E-state index is 9.16. The van der Waals surface area contributed by atoms with Gasteiger partial charge in [-0.2, -0.15) is 0 Å². The van der Waals surface area contributed by atoms with Crippen molar-refractivity contribution >= 4 is 95.0 Å². The van der Waals surface area contributed by atoms with Crippen LogP contribution in [0.15, 0.2) is 158 Å². The van der Waals surface area contributed by atoms with Gasteiger partial charge in [0.25, 0.3) is 6.71 Å². The molecular formula is C79H84BN3S. The van der Waals surface area contributed by atoms with Crippen molar-refractivity contribution in [1.82, 2.24) is 0 Å². The molecule has 2 bridgehead atoms. The molecule has 8 aromatic carbocycles. The van der Waals surface area contributed by atoms with E-state index in [1.54, 1.807) is 11.6 Å². The van der Waals surface area contributed by atoms with Crippen LogP contribution in [0.2, 0.25) is 0 Å². The molecule has 2 aliphatic heterocycles. The molecule has 0 atom stereocenters. The molecule has 0 saturated heterocycles. The summed E-state index contributed by atoms with van der Waals surface area (Å²) in [5.41, 5.74) is 24.9. The lowest BCUT2D eigenvalue weighted by Crippen LogP contribution is -2.61. The average molecular weight is 1120 g/mol. The summed E-state index contributed by atoms with van der Waals surface area (Å²) in [5.74, 6) is 0. The molecule has 0 amide bonds. The molecule has 16 rings (SSSR count). The van der Waals surface area contributed by atoms with E-state index < -0.39 is 6.85 Å². The third kappa shape index (κ3) is 7.88. The normalized spacial score (nSPS) is 22.4. The topological polar surface area (TPSA) is 9.72 Å². The van der Waals surface area contributed by atoms with E-state index in [2.05, 4.69) is 238 Å². The van der Waals surface area contributed by atoms with E-state index in [4.69, 9.17) is 4.11 Å². The standard InChI is InChI=1S/C79H84BN3S/c1-49-23-21-22-28-62(49)81(52-26-19-16-20-27-52)54-43-65-70-66(44-54)83(63-34-33-56-69(68(63)50-24-17-15-18-25-50)77(11,12)38-37-74(56,5)6)64-47-58-57(75(7,8)35-36-76(58,9)10)46-61(64)80(70)72-71(82(65)53-31-29-51(30-32-53)73(2,3)4)55-45-59-60(48-67(55)84-72)79(14)41-39-78(59,13)40-42-79/h15-34,43-48H,35-42H2,1-14H3/i1D3. The molecule has 0 N–H and O–H groups in total. The summed E-state index contributed by atoms with van der Waals surface area (Å²) in [7, 11) is 0. The van der Waals surface area contributed by atoms with Gasteiger partial charge < -0.3 is 14.7 Å². The van der Waals surface area contributed by atoms with E-state index in [0.717, 1.165) is 54.1 Å². The van der Waals surface area contributed by atoms with Gasteiger partial charge in [-0.15, -0.1) is 11.3 Å². The second-order valence-corrected chi connectivity index (χ2v) is 31.6. The fraction of sp³-hybridized carbons (Fsp3) is 0.367. The molecule has 9 aromatic rings. The summed E-state index contributed by atoms with van der Waals surface area (Å²) < 4.78 is 30.2. The minimum atomic E-state index is -2.40. The molecule has 5 aliphatic carbocycles. The third-order valence-corrected chi connectivity index (χ3v) is 23.4. The molecule has 0 unspecified atom stereocenters. The van der Waals surface area contributed by atoms with Gasteiger partial charge in [0.2, 0.25) is 0 Å². The Morgan fingerprint density at radius 3 is 1.71 bits per heavy atom. The Hall–Kier alpha value is -6.82. The largest absolute Gasteiger partial charge is 0.311 e. The van der Waals surface area contributed by atoms with Crippen molar-refractivity contribution in [3.63, 3.8) is 0 Å². The van der Waals surface area contributed by atoms with Gasteiger partial charge in [-0.25, -0.2) is 0 Å². The first-order valence-corrected chi connectivity index (χ1v) is 32.3. The summed E-state index contributed by atoms with van der Waals surface area (Å²) >= 11 is 2.03. The Kier molecular flexibility index (Phi) is 10.9. The first kappa shape index (κ1) is 50.5. The second-order valence-electron chi connectivity index (χ2n) is 30.6. The van der Waals surface area contributed by atoms with Gasteiger partial charge in [-0.05, 0) is 224 Å². The number of thiophene rings is 1. The van der Waals surface area contributed by atoms with Gasteiger partial charge in [0, 0.05) is 58.7 Å². The Morgan fingerprint density at radius 1 is 0.500 bits per heavy atom. The minimum absolute atomic E-state index is 0.0356. The van der Waals surface area contributed by atoms with E-state index in [-0.39, 0.29) is 44.6 Å². The van der Waals surface area contributed by atoms with Crippen LogP contribution in [0.5, 0.6) is 0 Å². The minimum Gasteiger partial charge on any atom is -0.311 e. The van der Waals surface area contributed by atoms with Crippen LogP contribution < -0.4 is 30.4 Å². The lowest BCUT2D eigenvalue weighted by atomic mass is 9.35. The summed E-state index contributed by atoms with van der Waals surface area (Å²) in [6, 6.07) is 59.5. The van der Waals surface area contributed by atoms with Crippen molar-refractivity contribution in [2.24, 2.45) is 0 Å². The Labute approximate surface area is 510 Å². The molecule has 0 radical (unpaired) electrons. The number of fused-ring (bicyclic) bond motifs is 10. The number of benzene rings is 8. The van der Waals surface area contributed by atoms with Gasteiger partial charge in [0.1, 0.15) is 0 Å². The van der Waals surface area contributed by atoms with Crippen molar-refractivity contribution in [3.8, 4) is 11.1 Å². The summed E-state index contributed by atoms with van der Waals surface area (Å²) in [6.07, 6.45) is 9.27. The highest BCUT2D eigenvalue weighted by atomic mass is 32.1. The lowest BCUT2D eigenvalue weighted by molar-refractivity contribution is 0.188. The van der Waals surface area contributed by atoms with Crippen LogP contribution in [-0.4, -0.2) is 6.71 Å². The number of aryl methyl sites for hydroxylation is 1. The Morgan fingerprint density at radius 2 is 1.07 bits per heavy atom. The first-order chi connectivity index (χ1) is 41.1. The van der Waals surface area contributed by atoms with E-state index in [1.165, 1.54) is 113 Å². The quantitative estimate of drug-likeness (QED) is 0.154. The number of anilines is 9. The van der Waals surface area contributed by atoms with Crippen LogP contribution in [0, 0.1) is 6.85 Å². The van der Waals surface area contributed by atoms with Gasteiger partial charge in [-0.1, -0.05) is 181 Å². The molecule has 1 saturated carbocycles. The van der Waals surface area contributed by atoms with Gasteiger partial charge in [-0.3, -0.25) is 0 Å². The summed E-state index contributed by atoms with van der Waals surface area (Å²) in [4.78, 5) is 7.61.